The topological polar surface area (TPSA) is 67.7 Å². The number of hydrogen-bond acceptors (Lipinski definition) is 4. The van der Waals surface area contributed by atoms with Crippen molar-refractivity contribution in [3.05, 3.63) is 83.9 Å². The number of aromatic nitrogens is 2. The van der Waals surface area contributed by atoms with Crippen LogP contribution in [-0.2, 0) is 22.7 Å². The van der Waals surface area contributed by atoms with Crippen molar-refractivity contribution < 1.29 is 14.3 Å². The molecule has 0 radical (unpaired) electrons. The number of likely N-dealkylation sites (tertiary alicyclic amines) is 1. The molecular weight excluding hydrogens is 464 g/mol. The van der Waals surface area contributed by atoms with Gasteiger partial charge in [0.25, 0.3) is 0 Å². The molecule has 0 spiro atoms. The predicted molar refractivity (Wildman–Crippen MR) is 135 cm³/mol. The highest BCUT2D eigenvalue weighted by atomic mass is 35.5. The number of nitrogens with zero attached hydrogens (tertiary/aromatic N) is 4. The minimum Gasteiger partial charge on any atom is -0.493 e. The molecule has 2 aromatic carbocycles. The standard InChI is InChI=1S/C27H31ClN4O3/c1-30(17-22-7-3-2-4-8-22)25(33)16-27(20-35-24-10-5-9-23(28)15-24)11-6-13-32(19-27)26(34)18-31-14-12-29-21-31/h2-5,7-10,12,14-15,21H,6,11,13,16-20H2,1H3/t27-/m0/s1. The molecule has 1 aliphatic heterocycles. The van der Waals surface area contributed by atoms with Gasteiger partial charge in [0.1, 0.15) is 12.3 Å². The number of benzene rings is 2. The van der Waals surface area contributed by atoms with E-state index in [1.807, 2.05) is 54.4 Å². The Balaban J connectivity index is 1.49. The van der Waals surface area contributed by atoms with E-state index in [1.165, 1.54) is 0 Å². The van der Waals surface area contributed by atoms with Crippen LogP contribution >= 0.6 is 11.6 Å². The quantitative estimate of drug-likeness (QED) is 0.445. The Hall–Kier alpha value is -3.32. The fourth-order valence-corrected chi connectivity index (χ4v) is 4.75. The van der Waals surface area contributed by atoms with E-state index in [0.717, 1.165) is 18.4 Å². The van der Waals surface area contributed by atoms with Crippen molar-refractivity contribution in [2.24, 2.45) is 5.41 Å². The van der Waals surface area contributed by atoms with Gasteiger partial charge in [-0.2, -0.15) is 0 Å². The van der Waals surface area contributed by atoms with E-state index in [0.29, 0.717) is 43.4 Å². The van der Waals surface area contributed by atoms with Gasteiger partial charge >= 0.3 is 0 Å². The average molecular weight is 495 g/mol. The molecule has 35 heavy (non-hydrogen) atoms. The number of amides is 2. The van der Waals surface area contributed by atoms with Crippen molar-refractivity contribution in [3.63, 3.8) is 0 Å². The molecule has 1 aliphatic rings. The summed E-state index contributed by atoms with van der Waals surface area (Å²) in [6, 6.07) is 17.2. The number of piperidine rings is 1. The van der Waals surface area contributed by atoms with Crippen LogP contribution in [-0.4, -0.2) is 57.9 Å². The summed E-state index contributed by atoms with van der Waals surface area (Å²) in [4.78, 5) is 34.0. The molecule has 2 heterocycles. The van der Waals surface area contributed by atoms with E-state index in [1.54, 1.807) is 40.3 Å². The Morgan fingerprint density at radius 3 is 2.74 bits per heavy atom. The molecule has 1 saturated heterocycles. The van der Waals surface area contributed by atoms with Gasteiger partial charge in [0.05, 0.1) is 12.9 Å². The van der Waals surface area contributed by atoms with Crippen molar-refractivity contribution in [1.82, 2.24) is 19.4 Å². The van der Waals surface area contributed by atoms with Crippen LogP contribution in [0, 0.1) is 5.41 Å². The predicted octanol–water partition coefficient (Wildman–Crippen LogP) is 4.27. The molecule has 7 nitrogen and oxygen atoms in total. The highest BCUT2D eigenvalue weighted by Gasteiger charge is 2.40. The summed E-state index contributed by atoms with van der Waals surface area (Å²) in [6.07, 6.45) is 6.98. The molecule has 184 valence electrons. The highest BCUT2D eigenvalue weighted by Crippen LogP contribution is 2.35. The number of rotatable bonds is 9. The third-order valence-electron chi connectivity index (χ3n) is 6.45. The summed E-state index contributed by atoms with van der Waals surface area (Å²) in [5, 5.41) is 0.594. The van der Waals surface area contributed by atoms with E-state index in [4.69, 9.17) is 16.3 Å². The van der Waals surface area contributed by atoms with E-state index in [2.05, 4.69) is 4.98 Å². The van der Waals surface area contributed by atoms with Crippen LogP contribution in [0.2, 0.25) is 5.02 Å². The maximum atomic E-state index is 13.4. The largest absolute Gasteiger partial charge is 0.493 e. The van der Waals surface area contributed by atoms with Crippen LogP contribution in [0.3, 0.4) is 0 Å². The summed E-state index contributed by atoms with van der Waals surface area (Å²) in [5.41, 5.74) is 0.584. The lowest BCUT2D eigenvalue weighted by atomic mass is 9.77. The van der Waals surface area contributed by atoms with Crippen molar-refractivity contribution in [3.8, 4) is 5.75 Å². The second-order valence-electron chi connectivity index (χ2n) is 9.31. The number of hydrogen-bond donors (Lipinski definition) is 0. The molecular formula is C27H31ClN4O3. The molecule has 1 fully saturated rings. The van der Waals surface area contributed by atoms with Crippen LogP contribution in [0.1, 0.15) is 24.8 Å². The van der Waals surface area contributed by atoms with Crippen LogP contribution in [0.15, 0.2) is 73.3 Å². The minimum atomic E-state index is -0.493. The molecule has 0 saturated carbocycles. The lowest BCUT2D eigenvalue weighted by molar-refractivity contribution is -0.141. The summed E-state index contributed by atoms with van der Waals surface area (Å²) in [6.45, 7) is 2.22. The van der Waals surface area contributed by atoms with Crippen LogP contribution in [0.4, 0.5) is 0 Å². The van der Waals surface area contributed by atoms with Crippen molar-refractivity contribution in [2.75, 3.05) is 26.7 Å². The van der Waals surface area contributed by atoms with Gasteiger partial charge in [-0.3, -0.25) is 9.59 Å². The summed E-state index contributed by atoms with van der Waals surface area (Å²) in [5.74, 6) is 0.705. The summed E-state index contributed by atoms with van der Waals surface area (Å²) in [7, 11) is 1.83. The first-order valence-corrected chi connectivity index (χ1v) is 12.2. The van der Waals surface area contributed by atoms with Gasteiger partial charge in [-0.1, -0.05) is 48.0 Å². The first-order chi connectivity index (χ1) is 16.9. The van der Waals surface area contributed by atoms with Gasteiger partial charge in [-0.25, -0.2) is 4.98 Å². The van der Waals surface area contributed by atoms with Gasteiger partial charge in [-0.15, -0.1) is 0 Å². The maximum absolute atomic E-state index is 13.4. The maximum Gasteiger partial charge on any atom is 0.242 e. The lowest BCUT2D eigenvalue weighted by Crippen LogP contribution is -2.51. The number of imidazole rings is 1. The van der Waals surface area contributed by atoms with E-state index in [9.17, 15) is 9.59 Å². The fourth-order valence-electron chi connectivity index (χ4n) is 4.56. The fraction of sp³-hybridized carbons (Fsp3) is 0.370. The zero-order valence-corrected chi connectivity index (χ0v) is 20.7. The van der Waals surface area contributed by atoms with Gasteiger partial charge < -0.3 is 19.1 Å². The van der Waals surface area contributed by atoms with Gasteiger partial charge in [0.2, 0.25) is 11.8 Å². The second kappa shape index (κ2) is 11.4. The Morgan fingerprint density at radius 1 is 1.17 bits per heavy atom. The van der Waals surface area contributed by atoms with Gasteiger partial charge in [0.15, 0.2) is 0 Å². The minimum absolute atomic E-state index is 0.0138. The zero-order valence-electron chi connectivity index (χ0n) is 20.0. The number of carbonyl (C=O) groups is 2. The van der Waals surface area contributed by atoms with Crippen molar-refractivity contribution in [2.45, 2.75) is 32.4 Å². The molecule has 2 amide bonds. The molecule has 8 heteroatoms. The molecule has 1 aromatic heterocycles. The molecule has 1 atom stereocenters. The number of carbonyl (C=O) groups excluding carboxylic acids is 2. The highest BCUT2D eigenvalue weighted by molar-refractivity contribution is 6.30. The number of ether oxygens (including phenoxy) is 1. The monoisotopic (exact) mass is 494 g/mol. The lowest BCUT2D eigenvalue weighted by Gasteiger charge is -2.43. The molecule has 0 N–H and O–H groups in total. The first-order valence-electron chi connectivity index (χ1n) is 11.8. The molecule has 0 bridgehead atoms. The Morgan fingerprint density at radius 2 is 2.00 bits per heavy atom. The van der Waals surface area contributed by atoms with E-state index < -0.39 is 5.41 Å². The Bertz CT molecular complexity index is 1120. The molecule has 3 aromatic rings. The van der Waals surface area contributed by atoms with E-state index >= 15 is 0 Å². The average Bonchev–Trinajstić information content (AvgIpc) is 3.37. The molecule has 0 aliphatic carbocycles. The second-order valence-corrected chi connectivity index (χ2v) is 9.75. The normalized spacial score (nSPS) is 17.7. The molecule has 0 unspecified atom stereocenters. The third kappa shape index (κ3) is 6.85. The summed E-state index contributed by atoms with van der Waals surface area (Å²) >= 11 is 6.14. The first kappa shape index (κ1) is 24.8. The number of halogens is 1. The van der Waals surface area contributed by atoms with Crippen LogP contribution in [0.5, 0.6) is 5.75 Å². The zero-order chi connectivity index (χ0) is 24.7. The Labute approximate surface area is 211 Å². The van der Waals surface area contributed by atoms with Crippen molar-refractivity contribution >= 4 is 23.4 Å². The summed E-state index contributed by atoms with van der Waals surface area (Å²) < 4.78 is 7.92. The van der Waals surface area contributed by atoms with Gasteiger partial charge in [-0.05, 0) is 36.6 Å². The smallest absolute Gasteiger partial charge is 0.242 e. The SMILES string of the molecule is CN(Cc1ccccc1)C(=O)C[C@@]1(COc2cccc(Cl)c2)CCCN(C(=O)Cn2ccnc2)C1. The Kier molecular flexibility index (Phi) is 8.08. The van der Waals surface area contributed by atoms with Crippen molar-refractivity contribution in [1.29, 1.82) is 0 Å². The van der Waals surface area contributed by atoms with Gasteiger partial charge in [0, 0.05) is 55.9 Å². The van der Waals surface area contributed by atoms with Crippen LogP contribution in [0.25, 0.3) is 0 Å². The van der Waals surface area contributed by atoms with E-state index in [-0.39, 0.29) is 18.4 Å². The third-order valence-corrected chi connectivity index (χ3v) is 6.68. The molecule has 4 rings (SSSR count). The van der Waals surface area contributed by atoms with Crippen LogP contribution < -0.4 is 4.74 Å².